The zero-order chi connectivity index (χ0) is 15.2. The van der Waals surface area contributed by atoms with E-state index in [2.05, 4.69) is 20.7 Å². The summed E-state index contributed by atoms with van der Waals surface area (Å²) < 4.78 is 11.2. The molecule has 110 valence electrons. The van der Waals surface area contributed by atoms with Crippen LogP contribution in [0, 0.1) is 0 Å². The van der Waals surface area contributed by atoms with Gasteiger partial charge in [-0.2, -0.15) is 0 Å². The van der Waals surface area contributed by atoms with E-state index in [0.29, 0.717) is 17.9 Å². The predicted octanol–water partition coefficient (Wildman–Crippen LogP) is 3.45. The molecule has 4 nitrogen and oxygen atoms in total. The van der Waals surface area contributed by atoms with Crippen LogP contribution in [0.2, 0.25) is 0 Å². The lowest BCUT2D eigenvalue weighted by Crippen LogP contribution is -2.04. The quantitative estimate of drug-likeness (QED) is 0.839. The molecule has 0 aliphatic carbocycles. The minimum absolute atomic E-state index is 0.0205. The fourth-order valence-corrected chi connectivity index (χ4v) is 2.25. The third-order valence-corrected chi connectivity index (χ3v) is 3.41. The van der Waals surface area contributed by atoms with Crippen LogP contribution in [-0.4, -0.2) is 18.2 Å². The molecular weight excluding hydrogens is 336 g/mol. The second-order valence-electron chi connectivity index (χ2n) is 4.46. The molecule has 0 aliphatic rings. The molecule has 1 N–H and O–H groups in total. The average molecular weight is 351 g/mol. The molecule has 0 saturated carbocycles. The molecular formula is C16H15BrO4. The number of hydrogen-bond acceptors (Lipinski definition) is 4. The van der Waals surface area contributed by atoms with E-state index in [1.807, 2.05) is 24.3 Å². The standard InChI is InChI=1S/C16H15BrO4/c1-20-16(19)8-12-5-6-14(9-15(12)18)21-10-11-3-2-4-13(17)7-11/h2-7,9,18H,8,10H2,1H3. The third-order valence-electron chi connectivity index (χ3n) is 2.91. The largest absolute Gasteiger partial charge is 0.508 e. The number of esters is 1. The predicted molar refractivity (Wildman–Crippen MR) is 82.3 cm³/mol. The highest BCUT2D eigenvalue weighted by atomic mass is 79.9. The van der Waals surface area contributed by atoms with Gasteiger partial charge in [-0.1, -0.05) is 34.1 Å². The number of benzene rings is 2. The second-order valence-corrected chi connectivity index (χ2v) is 5.38. The minimum atomic E-state index is -0.395. The number of halogens is 1. The van der Waals surface area contributed by atoms with Gasteiger partial charge in [0.05, 0.1) is 13.5 Å². The first-order chi connectivity index (χ1) is 10.1. The van der Waals surface area contributed by atoms with E-state index in [1.54, 1.807) is 12.1 Å². The maximum absolute atomic E-state index is 11.2. The molecule has 0 fully saturated rings. The van der Waals surface area contributed by atoms with Crippen molar-refractivity contribution in [2.24, 2.45) is 0 Å². The van der Waals surface area contributed by atoms with E-state index in [4.69, 9.17) is 4.74 Å². The second kappa shape index (κ2) is 7.13. The SMILES string of the molecule is COC(=O)Cc1ccc(OCc2cccc(Br)c2)cc1O. The molecule has 0 amide bonds. The van der Waals surface area contributed by atoms with Crippen LogP contribution in [0.25, 0.3) is 0 Å². The Bertz CT molecular complexity index is 640. The molecule has 0 aromatic heterocycles. The molecule has 0 atom stereocenters. The molecule has 21 heavy (non-hydrogen) atoms. The van der Waals surface area contributed by atoms with E-state index in [-0.39, 0.29) is 12.2 Å². The van der Waals surface area contributed by atoms with Crippen LogP contribution < -0.4 is 4.74 Å². The Morgan fingerprint density at radius 1 is 1.24 bits per heavy atom. The van der Waals surface area contributed by atoms with Crippen molar-refractivity contribution in [1.82, 2.24) is 0 Å². The van der Waals surface area contributed by atoms with Crippen molar-refractivity contribution in [2.75, 3.05) is 7.11 Å². The number of phenols is 1. The summed E-state index contributed by atoms with van der Waals surface area (Å²) in [7, 11) is 1.31. The fraction of sp³-hybridized carbons (Fsp3) is 0.188. The van der Waals surface area contributed by atoms with E-state index in [1.165, 1.54) is 13.2 Å². The summed E-state index contributed by atoms with van der Waals surface area (Å²) in [5, 5.41) is 9.88. The van der Waals surface area contributed by atoms with Crippen molar-refractivity contribution in [1.29, 1.82) is 0 Å². The van der Waals surface area contributed by atoms with Gasteiger partial charge in [-0.25, -0.2) is 0 Å². The van der Waals surface area contributed by atoms with Gasteiger partial charge in [-0.3, -0.25) is 4.79 Å². The highest BCUT2D eigenvalue weighted by Crippen LogP contribution is 2.25. The number of methoxy groups -OCH3 is 1. The van der Waals surface area contributed by atoms with Gasteiger partial charge in [-0.05, 0) is 23.8 Å². The van der Waals surface area contributed by atoms with Crippen LogP contribution in [0.15, 0.2) is 46.9 Å². The van der Waals surface area contributed by atoms with Crippen molar-refractivity contribution >= 4 is 21.9 Å². The lowest BCUT2D eigenvalue weighted by atomic mass is 10.1. The van der Waals surface area contributed by atoms with Gasteiger partial charge in [0.25, 0.3) is 0 Å². The number of phenolic OH excluding ortho intramolecular Hbond substituents is 1. The van der Waals surface area contributed by atoms with Crippen LogP contribution >= 0.6 is 15.9 Å². The Balaban J connectivity index is 2.01. The molecule has 0 heterocycles. The van der Waals surface area contributed by atoms with Crippen molar-refractivity contribution in [2.45, 2.75) is 13.0 Å². The molecule has 0 saturated heterocycles. The molecule has 0 bridgehead atoms. The van der Waals surface area contributed by atoms with Crippen LogP contribution in [-0.2, 0) is 22.6 Å². The Morgan fingerprint density at radius 3 is 2.71 bits per heavy atom. The lowest BCUT2D eigenvalue weighted by Gasteiger charge is -2.09. The summed E-state index contributed by atoms with van der Waals surface area (Å²) in [5.74, 6) is 0.168. The van der Waals surface area contributed by atoms with Crippen LogP contribution in [0.1, 0.15) is 11.1 Å². The number of rotatable bonds is 5. The highest BCUT2D eigenvalue weighted by molar-refractivity contribution is 9.10. The van der Waals surface area contributed by atoms with E-state index < -0.39 is 5.97 Å². The fourth-order valence-electron chi connectivity index (χ4n) is 1.80. The Morgan fingerprint density at radius 2 is 2.05 bits per heavy atom. The van der Waals surface area contributed by atoms with E-state index in [0.717, 1.165) is 10.0 Å². The van der Waals surface area contributed by atoms with Crippen molar-refractivity contribution in [3.63, 3.8) is 0 Å². The van der Waals surface area contributed by atoms with Crippen molar-refractivity contribution in [3.8, 4) is 11.5 Å². The van der Waals surface area contributed by atoms with Crippen LogP contribution in [0.3, 0.4) is 0 Å². The molecule has 0 unspecified atom stereocenters. The van der Waals surface area contributed by atoms with Crippen molar-refractivity contribution < 1.29 is 19.4 Å². The van der Waals surface area contributed by atoms with E-state index >= 15 is 0 Å². The van der Waals surface area contributed by atoms with Gasteiger partial charge >= 0.3 is 5.97 Å². The number of hydrogen-bond donors (Lipinski definition) is 1. The summed E-state index contributed by atoms with van der Waals surface area (Å²) in [6, 6.07) is 12.7. The number of ether oxygens (including phenoxy) is 2. The Kier molecular flexibility index (Phi) is 5.22. The van der Waals surface area contributed by atoms with Gasteiger partial charge in [0.1, 0.15) is 18.1 Å². The van der Waals surface area contributed by atoms with Crippen LogP contribution in [0.4, 0.5) is 0 Å². The number of aromatic hydroxyl groups is 1. The topological polar surface area (TPSA) is 55.8 Å². The maximum Gasteiger partial charge on any atom is 0.310 e. The molecule has 5 heteroatoms. The Labute approximate surface area is 131 Å². The summed E-state index contributed by atoms with van der Waals surface area (Å²) in [5.41, 5.74) is 1.53. The zero-order valence-electron chi connectivity index (χ0n) is 11.5. The molecule has 0 spiro atoms. The minimum Gasteiger partial charge on any atom is -0.508 e. The first-order valence-electron chi connectivity index (χ1n) is 6.34. The summed E-state index contributed by atoms with van der Waals surface area (Å²) in [6.07, 6.45) is 0.0360. The van der Waals surface area contributed by atoms with E-state index in [9.17, 15) is 9.90 Å². The zero-order valence-corrected chi connectivity index (χ0v) is 13.1. The smallest absolute Gasteiger partial charge is 0.310 e. The normalized spacial score (nSPS) is 10.2. The van der Waals surface area contributed by atoms with Gasteiger partial charge in [0.2, 0.25) is 0 Å². The van der Waals surface area contributed by atoms with Gasteiger partial charge < -0.3 is 14.6 Å². The van der Waals surface area contributed by atoms with Crippen LogP contribution in [0.5, 0.6) is 11.5 Å². The molecule has 0 radical (unpaired) electrons. The summed E-state index contributed by atoms with van der Waals surface area (Å²) in [6.45, 7) is 0.398. The number of carbonyl (C=O) groups is 1. The first kappa shape index (κ1) is 15.4. The Hall–Kier alpha value is -2.01. The third kappa shape index (κ3) is 4.49. The molecule has 2 rings (SSSR count). The number of carbonyl (C=O) groups excluding carboxylic acids is 1. The molecule has 2 aromatic rings. The summed E-state index contributed by atoms with van der Waals surface area (Å²) in [4.78, 5) is 11.2. The monoisotopic (exact) mass is 350 g/mol. The highest BCUT2D eigenvalue weighted by Gasteiger charge is 2.09. The summed E-state index contributed by atoms with van der Waals surface area (Å²) >= 11 is 3.40. The van der Waals surface area contributed by atoms with Crippen molar-refractivity contribution in [3.05, 3.63) is 58.1 Å². The molecule has 0 aliphatic heterocycles. The molecule has 2 aromatic carbocycles. The first-order valence-corrected chi connectivity index (χ1v) is 7.13. The van der Waals surface area contributed by atoms with Gasteiger partial charge in [0, 0.05) is 16.1 Å². The maximum atomic E-state index is 11.2. The average Bonchev–Trinajstić information content (AvgIpc) is 2.47. The van der Waals surface area contributed by atoms with Gasteiger partial charge in [0.15, 0.2) is 0 Å². The lowest BCUT2D eigenvalue weighted by molar-refractivity contribution is -0.139. The van der Waals surface area contributed by atoms with Gasteiger partial charge in [-0.15, -0.1) is 0 Å².